The summed E-state index contributed by atoms with van der Waals surface area (Å²) in [6.07, 6.45) is 3.87. The minimum absolute atomic E-state index is 0.0858. The van der Waals surface area contributed by atoms with Gasteiger partial charge in [-0.2, -0.15) is 5.10 Å². The number of aliphatic hydroxyl groups is 1. The second kappa shape index (κ2) is 6.99. The number of carbonyl (C=O) groups is 1. The molecular formula is C13H15ClN4O4S. The first-order valence-corrected chi connectivity index (χ1v) is 8.77. The van der Waals surface area contributed by atoms with Crippen molar-refractivity contribution in [2.75, 3.05) is 22.9 Å². The van der Waals surface area contributed by atoms with E-state index in [2.05, 4.69) is 15.1 Å². The lowest BCUT2D eigenvalue weighted by Gasteiger charge is -2.09. The van der Waals surface area contributed by atoms with Gasteiger partial charge in [-0.25, -0.2) is 8.42 Å². The Labute approximate surface area is 138 Å². The van der Waals surface area contributed by atoms with E-state index in [1.165, 1.54) is 35.3 Å². The summed E-state index contributed by atoms with van der Waals surface area (Å²) in [5, 5.41) is 15.6. The second-order valence-corrected chi connectivity index (χ2v) is 6.96. The van der Waals surface area contributed by atoms with Gasteiger partial charge >= 0.3 is 0 Å². The number of hydrogen-bond acceptors (Lipinski definition) is 5. The summed E-state index contributed by atoms with van der Waals surface area (Å²) in [5.74, 6) is -0.429. The average Bonchev–Trinajstić information content (AvgIpc) is 2.85. The van der Waals surface area contributed by atoms with Gasteiger partial charge in [0.2, 0.25) is 10.0 Å². The normalized spacial score (nSPS) is 11.3. The Morgan fingerprint density at radius 3 is 2.70 bits per heavy atom. The highest BCUT2D eigenvalue weighted by Gasteiger charge is 2.11. The number of nitrogens with zero attached hydrogens (tertiary/aromatic N) is 2. The Morgan fingerprint density at radius 1 is 1.35 bits per heavy atom. The van der Waals surface area contributed by atoms with E-state index in [9.17, 15) is 13.2 Å². The summed E-state index contributed by atoms with van der Waals surface area (Å²) in [6.45, 7) is 0.199. The first-order chi connectivity index (χ1) is 10.8. The van der Waals surface area contributed by atoms with Crippen LogP contribution < -0.4 is 10.0 Å². The Hall–Kier alpha value is -2.10. The molecule has 1 aromatic carbocycles. The van der Waals surface area contributed by atoms with Crippen molar-refractivity contribution < 1.29 is 18.3 Å². The predicted octanol–water partition coefficient (Wildman–Crippen LogP) is 1.15. The van der Waals surface area contributed by atoms with Crippen LogP contribution in [0.3, 0.4) is 0 Å². The molecule has 3 N–H and O–H groups in total. The molecule has 0 radical (unpaired) electrons. The molecule has 0 bridgehead atoms. The molecule has 1 aromatic heterocycles. The molecule has 0 aliphatic heterocycles. The van der Waals surface area contributed by atoms with Gasteiger partial charge in [0.25, 0.3) is 5.91 Å². The van der Waals surface area contributed by atoms with Crippen LogP contribution in [-0.4, -0.2) is 42.1 Å². The smallest absolute Gasteiger partial charge is 0.258 e. The fourth-order valence-corrected chi connectivity index (χ4v) is 2.62. The van der Waals surface area contributed by atoms with Gasteiger partial charge in [-0.1, -0.05) is 11.6 Å². The van der Waals surface area contributed by atoms with Gasteiger partial charge in [-0.3, -0.25) is 14.2 Å². The summed E-state index contributed by atoms with van der Waals surface area (Å²) < 4.78 is 26.2. The molecule has 1 amide bonds. The SMILES string of the molecule is CS(=O)(=O)Nc1cc(Cl)cc(NC(=O)c2cnn(CCO)c2)c1. The molecule has 1 heterocycles. The zero-order valence-corrected chi connectivity index (χ0v) is 13.7. The molecule has 0 spiro atoms. The summed E-state index contributed by atoms with van der Waals surface area (Å²) in [6, 6.07) is 4.37. The van der Waals surface area contributed by atoms with Crippen LogP contribution in [0.5, 0.6) is 0 Å². The van der Waals surface area contributed by atoms with Gasteiger partial charge in [0.1, 0.15) is 0 Å². The van der Waals surface area contributed by atoms with Gasteiger partial charge in [0.15, 0.2) is 0 Å². The number of benzene rings is 1. The predicted molar refractivity (Wildman–Crippen MR) is 87.2 cm³/mol. The highest BCUT2D eigenvalue weighted by molar-refractivity contribution is 7.92. The minimum Gasteiger partial charge on any atom is -0.394 e. The van der Waals surface area contributed by atoms with E-state index in [1.807, 2.05) is 0 Å². The Balaban J connectivity index is 2.16. The molecule has 0 saturated carbocycles. The highest BCUT2D eigenvalue weighted by atomic mass is 35.5. The number of amides is 1. The van der Waals surface area contributed by atoms with Crippen LogP contribution in [0.4, 0.5) is 11.4 Å². The zero-order chi connectivity index (χ0) is 17.0. The number of carbonyl (C=O) groups excluding carboxylic acids is 1. The lowest BCUT2D eigenvalue weighted by Crippen LogP contribution is -2.13. The maximum atomic E-state index is 12.1. The van der Waals surface area contributed by atoms with Crippen LogP contribution >= 0.6 is 11.6 Å². The third kappa shape index (κ3) is 5.23. The third-order valence-corrected chi connectivity index (χ3v) is 3.51. The lowest BCUT2D eigenvalue weighted by molar-refractivity contribution is 0.102. The number of aliphatic hydroxyl groups excluding tert-OH is 1. The lowest BCUT2D eigenvalue weighted by atomic mass is 10.2. The molecule has 0 fully saturated rings. The van der Waals surface area contributed by atoms with E-state index in [0.717, 1.165) is 6.26 Å². The summed E-state index contributed by atoms with van der Waals surface area (Å²) in [4.78, 5) is 12.1. The highest BCUT2D eigenvalue weighted by Crippen LogP contribution is 2.23. The van der Waals surface area contributed by atoms with Crippen LogP contribution in [0, 0.1) is 0 Å². The molecule has 0 saturated heterocycles. The molecule has 10 heteroatoms. The van der Waals surface area contributed by atoms with Gasteiger partial charge in [0, 0.05) is 16.9 Å². The summed E-state index contributed by atoms with van der Waals surface area (Å²) in [5.41, 5.74) is 0.880. The van der Waals surface area contributed by atoms with E-state index in [0.29, 0.717) is 11.3 Å². The maximum absolute atomic E-state index is 12.1. The third-order valence-electron chi connectivity index (χ3n) is 2.68. The van der Waals surface area contributed by atoms with E-state index < -0.39 is 15.9 Å². The first-order valence-electron chi connectivity index (χ1n) is 6.50. The van der Waals surface area contributed by atoms with Crippen molar-refractivity contribution in [2.45, 2.75) is 6.54 Å². The number of nitrogens with one attached hydrogen (secondary N) is 2. The quantitative estimate of drug-likeness (QED) is 0.717. The van der Waals surface area contributed by atoms with E-state index in [1.54, 1.807) is 0 Å². The number of anilines is 2. The molecule has 23 heavy (non-hydrogen) atoms. The van der Waals surface area contributed by atoms with Crippen LogP contribution in [-0.2, 0) is 16.6 Å². The molecule has 0 unspecified atom stereocenters. The monoisotopic (exact) mass is 358 g/mol. The van der Waals surface area contributed by atoms with Crippen molar-refractivity contribution in [1.82, 2.24) is 9.78 Å². The van der Waals surface area contributed by atoms with Crippen molar-refractivity contribution in [3.05, 3.63) is 41.2 Å². The first kappa shape index (κ1) is 17.3. The molecule has 8 nitrogen and oxygen atoms in total. The van der Waals surface area contributed by atoms with Crippen molar-refractivity contribution in [3.8, 4) is 0 Å². The van der Waals surface area contributed by atoms with Crippen LogP contribution in [0.1, 0.15) is 10.4 Å². The van der Waals surface area contributed by atoms with E-state index in [-0.39, 0.29) is 23.9 Å². The Morgan fingerprint density at radius 2 is 2.04 bits per heavy atom. The van der Waals surface area contributed by atoms with Gasteiger partial charge in [-0.15, -0.1) is 0 Å². The Kier molecular flexibility index (Phi) is 5.24. The van der Waals surface area contributed by atoms with Crippen molar-refractivity contribution in [3.63, 3.8) is 0 Å². The summed E-state index contributed by atoms with van der Waals surface area (Å²) >= 11 is 5.92. The number of sulfonamides is 1. The van der Waals surface area contributed by atoms with E-state index in [4.69, 9.17) is 16.7 Å². The van der Waals surface area contributed by atoms with Crippen molar-refractivity contribution >= 4 is 38.9 Å². The zero-order valence-electron chi connectivity index (χ0n) is 12.2. The number of halogens is 1. The fourth-order valence-electron chi connectivity index (χ4n) is 1.84. The van der Waals surface area contributed by atoms with Crippen LogP contribution in [0.2, 0.25) is 5.02 Å². The fraction of sp³-hybridized carbons (Fsp3) is 0.231. The van der Waals surface area contributed by atoms with Gasteiger partial charge < -0.3 is 10.4 Å². The second-order valence-electron chi connectivity index (χ2n) is 4.77. The molecule has 124 valence electrons. The molecule has 0 aliphatic rings. The van der Waals surface area contributed by atoms with Crippen LogP contribution in [0.25, 0.3) is 0 Å². The molecule has 0 atom stereocenters. The summed E-state index contributed by atoms with van der Waals surface area (Å²) in [7, 11) is -3.45. The number of hydrogen-bond donors (Lipinski definition) is 3. The van der Waals surface area contributed by atoms with Gasteiger partial charge in [-0.05, 0) is 18.2 Å². The van der Waals surface area contributed by atoms with Crippen molar-refractivity contribution in [1.29, 1.82) is 0 Å². The Bertz CT molecular complexity index is 819. The topological polar surface area (TPSA) is 113 Å². The number of aromatic nitrogens is 2. The molecule has 2 rings (SSSR count). The van der Waals surface area contributed by atoms with Crippen molar-refractivity contribution in [2.24, 2.45) is 0 Å². The van der Waals surface area contributed by atoms with Crippen LogP contribution in [0.15, 0.2) is 30.6 Å². The van der Waals surface area contributed by atoms with Gasteiger partial charge in [0.05, 0.1) is 36.9 Å². The molecular weight excluding hydrogens is 344 g/mol. The number of rotatable bonds is 6. The maximum Gasteiger partial charge on any atom is 0.258 e. The molecule has 2 aromatic rings. The largest absolute Gasteiger partial charge is 0.394 e. The standard InChI is InChI=1S/C13H15ClN4O4S/c1-23(21,22)17-12-5-10(14)4-11(6-12)16-13(20)9-7-15-18(8-9)2-3-19/h4-8,17,19H,2-3H2,1H3,(H,16,20). The average molecular weight is 359 g/mol. The minimum atomic E-state index is -3.45. The molecule has 0 aliphatic carbocycles. The van der Waals surface area contributed by atoms with E-state index >= 15 is 0 Å².